The van der Waals surface area contributed by atoms with Crippen LogP contribution in [-0.2, 0) is 14.3 Å². The number of rotatable bonds is 5. The Hall–Kier alpha value is -2.59. The molecule has 110 valence electrons. The van der Waals surface area contributed by atoms with Gasteiger partial charge in [-0.3, -0.25) is 4.79 Å². The number of nitriles is 1. The van der Waals surface area contributed by atoms with Crippen LogP contribution in [0.15, 0.2) is 24.3 Å². The third kappa shape index (κ3) is 3.94. The first kappa shape index (κ1) is 14.8. The monoisotopic (exact) mass is 290 g/mol. The van der Waals surface area contributed by atoms with Gasteiger partial charge in [0, 0.05) is 5.69 Å². The molecule has 1 saturated heterocycles. The average molecular weight is 290 g/mol. The number of anilines is 1. The lowest BCUT2D eigenvalue weighted by molar-refractivity contribution is -0.150. The Bertz CT molecular complexity index is 564. The van der Waals surface area contributed by atoms with Gasteiger partial charge in [-0.15, -0.1) is 0 Å². The van der Waals surface area contributed by atoms with Crippen molar-refractivity contribution in [1.82, 2.24) is 0 Å². The van der Waals surface area contributed by atoms with Crippen LogP contribution in [0, 0.1) is 11.3 Å². The summed E-state index contributed by atoms with van der Waals surface area (Å²) in [6.07, 6.45) is -0.955. The van der Waals surface area contributed by atoms with Gasteiger partial charge in [0.2, 0.25) is 0 Å². The topological polar surface area (TPSA) is 109 Å². The van der Waals surface area contributed by atoms with Gasteiger partial charge in [-0.1, -0.05) is 0 Å². The molecule has 1 aromatic rings. The maximum Gasteiger partial charge on any atom is 0.332 e. The molecule has 2 rings (SSSR count). The van der Waals surface area contributed by atoms with E-state index < -0.39 is 18.2 Å². The van der Waals surface area contributed by atoms with Crippen LogP contribution in [0.2, 0.25) is 0 Å². The highest BCUT2D eigenvalue weighted by Gasteiger charge is 2.34. The Morgan fingerprint density at radius 3 is 2.57 bits per heavy atom. The number of carboxylic acids is 1. The van der Waals surface area contributed by atoms with Crippen molar-refractivity contribution in [2.45, 2.75) is 25.0 Å². The molecule has 0 bridgehead atoms. The van der Waals surface area contributed by atoms with Gasteiger partial charge in [0.05, 0.1) is 0 Å². The van der Waals surface area contributed by atoms with Gasteiger partial charge in [0.1, 0.15) is 17.9 Å². The number of hydrogen-bond donors (Lipinski definition) is 2. The van der Waals surface area contributed by atoms with Crippen molar-refractivity contribution < 1.29 is 24.2 Å². The Labute approximate surface area is 121 Å². The summed E-state index contributed by atoms with van der Waals surface area (Å²) in [5.41, 5.74) is 0.548. The third-order valence-electron chi connectivity index (χ3n) is 3.01. The molecule has 0 spiro atoms. The molecule has 2 N–H and O–H groups in total. The Morgan fingerprint density at radius 1 is 1.33 bits per heavy atom. The number of ether oxygens (including phenoxy) is 2. The summed E-state index contributed by atoms with van der Waals surface area (Å²) in [5, 5.41) is 19.9. The first-order chi connectivity index (χ1) is 10.1. The highest BCUT2D eigenvalue weighted by Crippen LogP contribution is 2.22. The van der Waals surface area contributed by atoms with Gasteiger partial charge < -0.3 is 19.9 Å². The Morgan fingerprint density at radius 2 is 2.00 bits per heavy atom. The summed E-state index contributed by atoms with van der Waals surface area (Å²) in [6, 6.07) is 8.38. The standard InChI is InChI=1S/C14H14N2O5/c15-7-8-20-10-3-1-9(2-4-10)16-13(17)11-5-6-12(21-11)14(18)19/h1-4,11-12H,5-6,8H2,(H,16,17)(H,18,19)/t11-,12+/m0/s1. The van der Waals surface area contributed by atoms with E-state index in [0.29, 0.717) is 24.3 Å². The lowest BCUT2D eigenvalue weighted by Crippen LogP contribution is -2.29. The van der Waals surface area contributed by atoms with E-state index in [2.05, 4.69) is 5.32 Å². The zero-order valence-corrected chi connectivity index (χ0v) is 11.1. The zero-order chi connectivity index (χ0) is 15.2. The normalized spacial score (nSPS) is 20.5. The van der Waals surface area contributed by atoms with Crippen LogP contribution < -0.4 is 10.1 Å². The molecule has 1 heterocycles. The Balaban J connectivity index is 1.88. The number of hydrogen-bond acceptors (Lipinski definition) is 5. The van der Waals surface area contributed by atoms with E-state index in [9.17, 15) is 9.59 Å². The minimum Gasteiger partial charge on any atom is -0.479 e. The molecule has 0 unspecified atom stereocenters. The van der Waals surface area contributed by atoms with E-state index in [1.807, 2.05) is 6.07 Å². The van der Waals surface area contributed by atoms with Crippen molar-refractivity contribution in [3.8, 4) is 11.8 Å². The van der Waals surface area contributed by atoms with Crippen molar-refractivity contribution in [3.63, 3.8) is 0 Å². The molecule has 0 saturated carbocycles. The summed E-state index contributed by atoms with van der Waals surface area (Å²) in [5.74, 6) is -0.897. The van der Waals surface area contributed by atoms with Crippen molar-refractivity contribution >= 4 is 17.6 Å². The van der Waals surface area contributed by atoms with Gasteiger partial charge in [-0.2, -0.15) is 5.26 Å². The molecule has 7 heteroatoms. The van der Waals surface area contributed by atoms with Crippen LogP contribution in [0.5, 0.6) is 5.75 Å². The van der Waals surface area contributed by atoms with Crippen LogP contribution in [0.4, 0.5) is 5.69 Å². The van der Waals surface area contributed by atoms with Crippen LogP contribution in [-0.4, -0.2) is 35.8 Å². The molecule has 0 aromatic heterocycles. The van der Waals surface area contributed by atoms with E-state index in [-0.39, 0.29) is 12.5 Å². The largest absolute Gasteiger partial charge is 0.479 e. The predicted octanol–water partition coefficient (Wildman–Crippen LogP) is 1.16. The summed E-state index contributed by atoms with van der Waals surface area (Å²) < 4.78 is 10.3. The number of carbonyl (C=O) groups is 2. The van der Waals surface area contributed by atoms with Crippen molar-refractivity contribution in [2.75, 3.05) is 11.9 Å². The molecular weight excluding hydrogens is 276 g/mol. The van der Waals surface area contributed by atoms with Gasteiger partial charge in [0.15, 0.2) is 12.7 Å². The fraction of sp³-hybridized carbons (Fsp3) is 0.357. The molecule has 1 aliphatic rings. The van der Waals surface area contributed by atoms with Crippen LogP contribution in [0.25, 0.3) is 0 Å². The fourth-order valence-corrected chi connectivity index (χ4v) is 1.98. The first-order valence-corrected chi connectivity index (χ1v) is 6.39. The lowest BCUT2D eigenvalue weighted by Gasteiger charge is -2.12. The number of nitrogens with zero attached hydrogens (tertiary/aromatic N) is 1. The maximum absolute atomic E-state index is 11.9. The van der Waals surface area contributed by atoms with Gasteiger partial charge >= 0.3 is 5.97 Å². The highest BCUT2D eigenvalue weighted by atomic mass is 16.5. The molecular formula is C14H14N2O5. The number of benzene rings is 1. The molecule has 1 amide bonds. The first-order valence-electron chi connectivity index (χ1n) is 6.39. The number of amides is 1. The van der Waals surface area contributed by atoms with E-state index in [0.717, 1.165) is 0 Å². The van der Waals surface area contributed by atoms with Crippen LogP contribution in [0.1, 0.15) is 12.8 Å². The molecule has 1 fully saturated rings. The number of nitrogens with one attached hydrogen (secondary N) is 1. The zero-order valence-electron chi connectivity index (χ0n) is 11.1. The molecule has 1 aromatic carbocycles. The second kappa shape index (κ2) is 6.72. The predicted molar refractivity (Wildman–Crippen MR) is 71.7 cm³/mol. The Kier molecular flexibility index (Phi) is 4.74. The van der Waals surface area contributed by atoms with Crippen LogP contribution >= 0.6 is 0 Å². The SMILES string of the molecule is N#CCOc1ccc(NC(=O)[C@@H]2CC[C@H](C(=O)O)O2)cc1. The molecule has 21 heavy (non-hydrogen) atoms. The molecule has 7 nitrogen and oxygen atoms in total. The quantitative estimate of drug-likeness (QED) is 0.842. The molecule has 2 atom stereocenters. The number of carboxylic acid groups (broad SMARTS) is 1. The number of aliphatic carboxylic acids is 1. The van der Waals surface area contributed by atoms with Crippen molar-refractivity contribution in [2.24, 2.45) is 0 Å². The molecule has 0 radical (unpaired) electrons. The summed E-state index contributed by atoms with van der Waals surface area (Å²) >= 11 is 0. The minimum atomic E-state index is -1.05. The van der Waals surface area contributed by atoms with Gasteiger partial charge in [-0.05, 0) is 37.1 Å². The third-order valence-corrected chi connectivity index (χ3v) is 3.01. The van der Waals surface area contributed by atoms with Crippen molar-refractivity contribution in [1.29, 1.82) is 5.26 Å². The second-order valence-corrected chi connectivity index (χ2v) is 4.49. The van der Waals surface area contributed by atoms with E-state index >= 15 is 0 Å². The highest BCUT2D eigenvalue weighted by molar-refractivity contribution is 5.94. The summed E-state index contributed by atoms with van der Waals surface area (Å²) in [6.45, 7) is -0.0435. The fourth-order valence-electron chi connectivity index (χ4n) is 1.98. The van der Waals surface area contributed by atoms with E-state index in [1.165, 1.54) is 0 Å². The van der Waals surface area contributed by atoms with E-state index in [1.54, 1.807) is 24.3 Å². The second-order valence-electron chi connectivity index (χ2n) is 4.49. The minimum absolute atomic E-state index is 0.0435. The average Bonchev–Trinajstić information content (AvgIpc) is 2.97. The summed E-state index contributed by atoms with van der Waals surface area (Å²) in [7, 11) is 0. The maximum atomic E-state index is 11.9. The summed E-state index contributed by atoms with van der Waals surface area (Å²) in [4.78, 5) is 22.7. The lowest BCUT2D eigenvalue weighted by atomic mass is 10.2. The molecule has 1 aliphatic heterocycles. The number of carbonyl (C=O) groups excluding carboxylic acids is 1. The smallest absolute Gasteiger partial charge is 0.332 e. The van der Waals surface area contributed by atoms with E-state index in [4.69, 9.17) is 19.8 Å². The van der Waals surface area contributed by atoms with Gasteiger partial charge in [-0.25, -0.2) is 4.79 Å². The molecule has 0 aliphatic carbocycles. The van der Waals surface area contributed by atoms with Gasteiger partial charge in [0.25, 0.3) is 5.91 Å². The van der Waals surface area contributed by atoms with Crippen molar-refractivity contribution in [3.05, 3.63) is 24.3 Å². The van der Waals surface area contributed by atoms with Crippen LogP contribution in [0.3, 0.4) is 0 Å².